The van der Waals surface area contributed by atoms with Gasteiger partial charge in [-0.2, -0.15) is 13.2 Å². The van der Waals surface area contributed by atoms with Crippen molar-refractivity contribution in [3.63, 3.8) is 0 Å². The van der Waals surface area contributed by atoms with Gasteiger partial charge in [-0.15, -0.1) is 0 Å². The molecule has 0 aliphatic rings. The normalized spacial score (nSPS) is 13.1. The Hall–Kier alpha value is -1.17. The van der Waals surface area contributed by atoms with Crippen molar-refractivity contribution in [1.29, 1.82) is 0 Å². The fourth-order valence-corrected chi connectivity index (χ4v) is 0.878. The van der Waals surface area contributed by atoms with Crippen LogP contribution in [0.25, 0.3) is 0 Å². The summed E-state index contributed by atoms with van der Waals surface area (Å²) in [5.74, 6) is -2.05. The molecule has 0 atom stereocenters. The lowest BCUT2D eigenvalue weighted by molar-refractivity contribution is -0.0558. The van der Waals surface area contributed by atoms with Crippen molar-refractivity contribution >= 4 is 22.5 Å². The molecule has 15 heavy (non-hydrogen) atoms. The summed E-state index contributed by atoms with van der Waals surface area (Å²) in [4.78, 5) is 2.83. The summed E-state index contributed by atoms with van der Waals surface area (Å²) in [7, 11) is 0. The third kappa shape index (κ3) is 3.47. The number of benzene rings is 1. The largest absolute Gasteiger partial charge is 0.444 e. The zero-order chi connectivity index (χ0) is 11.6. The molecule has 0 aliphatic heterocycles. The van der Waals surface area contributed by atoms with E-state index in [0.717, 1.165) is 0 Å². The van der Waals surface area contributed by atoms with E-state index in [1.807, 2.05) is 0 Å². The Morgan fingerprint density at radius 3 is 1.93 bits per heavy atom. The third-order valence-electron chi connectivity index (χ3n) is 1.31. The highest BCUT2D eigenvalue weighted by Gasteiger charge is 2.34. The van der Waals surface area contributed by atoms with Crippen molar-refractivity contribution < 1.29 is 22.0 Å². The first kappa shape index (κ1) is 11.9. The Kier molecular flexibility index (Phi) is 3.28. The molecule has 1 nitrogen and oxygen atoms in total. The number of rotatable bonds is 1. The fourth-order valence-electron chi connectivity index (χ4n) is 0.781. The lowest BCUT2D eigenvalue weighted by Gasteiger charge is -2.03. The highest BCUT2D eigenvalue weighted by molar-refractivity contribution is 6.67. The predicted molar refractivity (Wildman–Crippen MR) is 45.4 cm³/mol. The fraction of sp³-hybridized carbons (Fsp3) is 0.125. The van der Waals surface area contributed by atoms with E-state index in [0.29, 0.717) is 18.2 Å². The van der Waals surface area contributed by atoms with Crippen LogP contribution in [0.5, 0.6) is 0 Å². The van der Waals surface area contributed by atoms with Gasteiger partial charge in [0.15, 0.2) is 0 Å². The Bertz CT molecular complexity index is 378. The summed E-state index contributed by atoms with van der Waals surface area (Å²) in [5.41, 5.74) is -0.533. The van der Waals surface area contributed by atoms with Crippen LogP contribution in [0, 0.1) is 11.6 Å². The van der Waals surface area contributed by atoms with Crippen LogP contribution >= 0.6 is 11.6 Å². The van der Waals surface area contributed by atoms with Crippen molar-refractivity contribution in [3.8, 4) is 0 Å². The maximum Gasteiger partial charge on any atom is 0.444 e. The van der Waals surface area contributed by atoms with Gasteiger partial charge in [0.05, 0.1) is 5.69 Å². The molecule has 0 bridgehead atoms. The number of nitrogens with zero attached hydrogens (tertiary/aromatic N) is 1. The topological polar surface area (TPSA) is 12.4 Å². The molecular weight excluding hydrogens is 241 g/mol. The van der Waals surface area contributed by atoms with E-state index < -0.39 is 28.7 Å². The molecule has 0 aromatic heterocycles. The van der Waals surface area contributed by atoms with Crippen molar-refractivity contribution in [2.24, 2.45) is 4.99 Å². The Labute approximate surface area is 86.2 Å². The molecule has 0 radical (unpaired) electrons. The highest BCUT2D eigenvalue weighted by atomic mass is 35.5. The zero-order valence-electron chi connectivity index (χ0n) is 6.95. The van der Waals surface area contributed by atoms with Crippen LogP contribution < -0.4 is 0 Å². The second-order valence-electron chi connectivity index (χ2n) is 2.53. The minimum absolute atomic E-state index is 0.514. The van der Waals surface area contributed by atoms with Gasteiger partial charge in [-0.05, 0) is 12.1 Å². The van der Waals surface area contributed by atoms with Crippen LogP contribution in [0.3, 0.4) is 0 Å². The molecule has 0 saturated carbocycles. The zero-order valence-corrected chi connectivity index (χ0v) is 7.70. The summed E-state index contributed by atoms with van der Waals surface area (Å²) in [5, 5.41) is -1.69. The summed E-state index contributed by atoms with van der Waals surface area (Å²) in [6.07, 6.45) is -4.83. The van der Waals surface area contributed by atoms with Gasteiger partial charge in [-0.1, -0.05) is 11.6 Å². The summed E-state index contributed by atoms with van der Waals surface area (Å²) >= 11 is 4.78. The Balaban J connectivity index is 3.08. The number of aliphatic imine (C=N–C) groups is 1. The van der Waals surface area contributed by atoms with E-state index in [9.17, 15) is 22.0 Å². The molecule has 1 rings (SSSR count). The summed E-state index contributed by atoms with van der Waals surface area (Å²) < 4.78 is 60.7. The third-order valence-corrected chi connectivity index (χ3v) is 1.61. The first-order valence-electron chi connectivity index (χ1n) is 3.56. The second kappa shape index (κ2) is 4.14. The number of alkyl halides is 3. The quantitative estimate of drug-likeness (QED) is 0.526. The van der Waals surface area contributed by atoms with Gasteiger partial charge in [0.1, 0.15) is 11.6 Å². The van der Waals surface area contributed by atoms with E-state index in [2.05, 4.69) is 4.99 Å². The maximum absolute atomic E-state index is 12.5. The minimum Gasteiger partial charge on any atom is -0.232 e. The first-order chi connectivity index (χ1) is 6.79. The number of hydrogen-bond donors (Lipinski definition) is 0. The molecule has 0 aliphatic carbocycles. The summed E-state index contributed by atoms with van der Waals surface area (Å²) in [6.45, 7) is 0. The SMILES string of the molecule is Fc1cc(F)cc(N=C(Cl)C(F)(F)F)c1. The van der Waals surface area contributed by atoms with Gasteiger partial charge in [-0.25, -0.2) is 13.8 Å². The molecule has 0 N–H and O–H groups in total. The number of hydrogen-bond acceptors (Lipinski definition) is 1. The lowest BCUT2D eigenvalue weighted by atomic mass is 10.3. The Morgan fingerprint density at radius 2 is 1.53 bits per heavy atom. The maximum atomic E-state index is 12.5. The molecule has 0 heterocycles. The van der Waals surface area contributed by atoms with Gasteiger partial charge in [0, 0.05) is 6.07 Å². The molecule has 1 aromatic rings. The molecular formula is C8H3ClF5N. The van der Waals surface area contributed by atoms with Crippen LogP contribution in [-0.2, 0) is 0 Å². The van der Waals surface area contributed by atoms with E-state index in [1.165, 1.54) is 0 Å². The van der Waals surface area contributed by atoms with Crippen LogP contribution in [0.4, 0.5) is 27.6 Å². The van der Waals surface area contributed by atoms with Crippen LogP contribution in [0.15, 0.2) is 23.2 Å². The van der Waals surface area contributed by atoms with Crippen LogP contribution in [0.1, 0.15) is 0 Å². The van der Waals surface area contributed by atoms with Crippen molar-refractivity contribution in [2.75, 3.05) is 0 Å². The molecule has 1 aromatic carbocycles. The first-order valence-corrected chi connectivity index (χ1v) is 3.94. The van der Waals surface area contributed by atoms with Gasteiger partial charge in [0.25, 0.3) is 0 Å². The van der Waals surface area contributed by atoms with Gasteiger partial charge < -0.3 is 0 Å². The van der Waals surface area contributed by atoms with Gasteiger partial charge >= 0.3 is 6.18 Å². The van der Waals surface area contributed by atoms with Crippen LogP contribution in [0.2, 0.25) is 0 Å². The molecule has 0 amide bonds. The number of halogens is 6. The average Bonchev–Trinajstić information content (AvgIpc) is 1.99. The monoisotopic (exact) mass is 243 g/mol. The smallest absolute Gasteiger partial charge is 0.232 e. The van der Waals surface area contributed by atoms with Crippen molar-refractivity contribution in [2.45, 2.75) is 6.18 Å². The second-order valence-corrected chi connectivity index (χ2v) is 2.89. The average molecular weight is 244 g/mol. The van der Waals surface area contributed by atoms with Crippen molar-refractivity contribution in [1.82, 2.24) is 0 Å². The molecule has 0 unspecified atom stereocenters. The Morgan fingerprint density at radius 1 is 1.07 bits per heavy atom. The lowest BCUT2D eigenvalue weighted by Crippen LogP contribution is -2.16. The van der Waals surface area contributed by atoms with E-state index in [1.54, 1.807) is 0 Å². The highest BCUT2D eigenvalue weighted by Crippen LogP contribution is 2.24. The van der Waals surface area contributed by atoms with Gasteiger partial charge in [-0.3, -0.25) is 0 Å². The molecule has 0 saturated heterocycles. The molecule has 0 spiro atoms. The summed E-state index contributed by atoms with van der Waals surface area (Å²) in [6, 6.07) is 1.79. The predicted octanol–water partition coefficient (Wildman–Crippen LogP) is 3.80. The van der Waals surface area contributed by atoms with E-state index in [4.69, 9.17) is 11.6 Å². The molecule has 82 valence electrons. The minimum atomic E-state index is -4.83. The van der Waals surface area contributed by atoms with Crippen molar-refractivity contribution in [3.05, 3.63) is 29.8 Å². The van der Waals surface area contributed by atoms with Gasteiger partial charge in [0.2, 0.25) is 5.17 Å². The van der Waals surface area contributed by atoms with E-state index in [-0.39, 0.29) is 0 Å². The standard InChI is InChI=1S/C8H3ClF5N/c9-7(8(12,13)14)15-6-2-4(10)1-5(11)3-6/h1-3H. The molecule has 0 fully saturated rings. The van der Waals surface area contributed by atoms with E-state index >= 15 is 0 Å². The van der Waals surface area contributed by atoms with Crippen LogP contribution in [-0.4, -0.2) is 11.3 Å². The molecule has 7 heteroatoms.